The molecular formula is C7H8Cl2N2. The molecule has 0 radical (unpaired) electrons. The third kappa shape index (κ3) is 2.33. The minimum Gasteiger partial charge on any atom is -0.316 e. The molecule has 0 fully saturated rings. The molecule has 60 valence electrons. The number of hydrogen-bond acceptors (Lipinski definition) is 2. The number of pyridine rings is 1. The van der Waals surface area contributed by atoms with E-state index in [2.05, 4.69) is 10.3 Å². The van der Waals surface area contributed by atoms with Crippen molar-refractivity contribution in [3.05, 3.63) is 28.0 Å². The molecule has 4 heteroatoms. The molecule has 1 rings (SSSR count). The normalized spacial score (nSPS) is 10.1. The summed E-state index contributed by atoms with van der Waals surface area (Å²) in [4.78, 5) is 3.88. The Morgan fingerprint density at radius 3 is 2.73 bits per heavy atom. The number of halogens is 2. The standard InChI is InChI=1S/C7H8Cl2N2/c1-10-4-5-2-3-6(8)11-7(5)9/h2-3,10H,4H2,1H3. The van der Waals surface area contributed by atoms with Crippen LogP contribution < -0.4 is 5.32 Å². The van der Waals surface area contributed by atoms with Crippen molar-refractivity contribution in [3.8, 4) is 0 Å². The first-order valence-corrected chi connectivity index (χ1v) is 3.95. The highest BCUT2D eigenvalue weighted by Crippen LogP contribution is 2.15. The van der Waals surface area contributed by atoms with Gasteiger partial charge >= 0.3 is 0 Å². The van der Waals surface area contributed by atoms with Crippen molar-refractivity contribution in [1.82, 2.24) is 10.3 Å². The Morgan fingerprint density at radius 1 is 1.45 bits per heavy atom. The molecule has 0 aliphatic carbocycles. The fraction of sp³-hybridized carbons (Fsp3) is 0.286. The van der Waals surface area contributed by atoms with Crippen molar-refractivity contribution < 1.29 is 0 Å². The van der Waals surface area contributed by atoms with E-state index in [0.717, 1.165) is 5.56 Å². The van der Waals surface area contributed by atoms with Crippen LogP contribution in [-0.2, 0) is 6.54 Å². The molecule has 11 heavy (non-hydrogen) atoms. The van der Waals surface area contributed by atoms with Crippen LogP contribution in [0.2, 0.25) is 10.3 Å². The van der Waals surface area contributed by atoms with Crippen LogP contribution in [0.25, 0.3) is 0 Å². The van der Waals surface area contributed by atoms with Crippen molar-refractivity contribution in [1.29, 1.82) is 0 Å². The number of aromatic nitrogens is 1. The Kier molecular flexibility index (Phi) is 3.12. The van der Waals surface area contributed by atoms with Crippen LogP contribution in [0.3, 0.4) is 0 Å². The highest BCUT2D eigenvalue weighted by Gasteiger charge is 1.99. The van der Waals surface area contributed by atoms with Gasteiger partial charge in [-0.05, 0) is 13.1 Å². The number of nitrogens with zero attached hydrogens (tertiary/aromatic N) is 1. The van der Waals surface area contributed by atoms with Crippen LogP contribution in [0.4, 0.5) is 0 Å². The maximum Gasteiger partial charge on any atom is 0.135 e. The van der Waals surface area contributed by atoms with E-state index in [1.54, 1.807) is 6.07 Å². The molecule has 0 saturated carbocycles. The summed E-state index contributed by atoms with van der Waals surface area (Å²) in [6.45, 7) is 0.711. The third-order valence-electron chi connectivity index (χ3n) is 1.26. The molecule has 0 saturated heterocycles. The molecule has 1 heterocycles. The summed E-state index contributed by atoms with van der Waals surface area (Å²) < 4.78 is 0. The molecule has 1 N–H and O–H groups in total. The predicted octanol–water partition coefficient (Wildman–Crippen LogP) is 2.11. The molecule has 0 unspecified atom stereocenters. The topological polar surface area (TPSA) is 24.9 Å². The van der Waals surface area contributed by atoms with Gasteiger partial charge in [-0.3, -0.25) is 0 Å². The zero-order valence-electron chi connectivity index (χ0n) is 6.06. The van der Waals surface area contributed by atoms with Gasteiger partial charge in [-0.1, -0.05) is 29.3 Å². The van der Waals surface area contributed by atoms with Crippen molar-refractivity contribution in [3.63, 3.8) is 0 Å². The molecule has 0 aliphatic rings. The fourth-order valence-corrected chi connectivity index (χ4v) is 1.17. The van der Waals surface area contributed by atoms with Crippen molar-refractivity contribution in [2.24, 2.45) is 0 Å². The summed E-state index contributed by atoms with van der Waals surface area (Å²) in [6, 6.07) is 3.58. The second kappa shape index (κ2) is 3.90. The maximum absolute atomic E-state index is 5.77. The summed E-state index contributed by atoms with van der Waals surface area (Å²) in [6.07, 6.45) is 0. The van der Waals surface area contributed by atoms with Gasteiger partial charge in [0.2, 0.25) is 0 Å². The molecule has 2 nitrogen and oxygen atoms in total. The Balaban J connectivity index is 2.90. The molecular weight excluding hydrogens is 183 g/mol. The van der Waals surface area contributed by atoms with Crippen molar-refractivity contribution in [2.75, 3.05) is 7.05 Å². The van der Waals surface area contributed by atoms with Crippen LogP contribution in [0.1, 0.15) is 5.56 Å². The van der Waals surface area contributed by atoms with E-state index in [1.165, 1.54) is 0 Å². The van der Waals surface area contributed by atoms with Crippen molar-refractivity contribution >= 4 is 23.2 Å². The largest absolute Gasteiger partial charge is 0.316 e. The van der Waals surface area contributed by atoms with Crippen LogP contribution in [0, 0.1) is 0 Å². The van der Waals surface area contributed by atoms with Crippen LogP contribution in [0.5, 0.6) is 0 Å². The minimum absolute atomic E-state index is 0.426. The average molecular weight is 191 g/mol. The lowest BCUT2D eigenvalue weighted by Gasteiger charge is -2.01. The van der Waals surface area contributed by atoms with Gasteiger partial charge in [0.15, 0.2) is 0 Å². The first kappa shape index (κ1) is 8.78. The second-order valence-electron chi connectivity index (χ2n) is 2.11. The highest BCUT2D eigenvalue weighted by atomic mass is 35.5. The number of nitrogens with one attached hydrogen (secondary N) is 1. The number of hydrogen-bond donors (Lipinski definition) is 1. The summed E-state index contributed by atoms with van der Waals surface area (Å²) in [7, 11) is 1.85. The molecule has 0 spiro atoms. The van der Waals surface area contributed by atoms with Gasteiger partial charge < -0.3 is 5.32 Å². The molecule has 0 aromatic carbocycles. The zero-order valence-corrected chi connectivity index (χ0v) is 7.58. The first-order valence-electron chi connectivity index (χ1n) is 3.19. The number of rotatable bonds is 2. The minimum atomic E-state index is 0.426. The Hall–Kier alpha value is -0.310. The van der Waals surface area contributed by atoms with E-state index >= 15 is 0 Å². The summed E-state index contributed by atoms with van der Waals surface area (Å²) in [5.74, 6) is 0. The molecule has 1 aromatic rings. The lowest BCUT2D eigenvalue weighted by Crippen LogP contribution is -2.05. The van der Waals surface area contributed by atoms with E-state index in [0.29, 0.717) is 16.9 Å². The van der Waals surface area contributed by atoms with E-state index in [-0.39, 0.29) is 0 Å². The monoisotopic (exact) mass is 190 g/mol. The smallest absolute Gasteiger partial charge is 0.135 e. The van der Waals surface area contributed by atoms with Crippen LogP contribution in [0.15, 0.2) is 12.1 Å². The Labute approximate surface area is 75.5 Å². The van der Waals surface area contributed by atoms with Gasteiger partial charge in [0.25, 0.3) is 0 Å². The zero-order chi connectivity index (χ0) is 8.27. The molecule has 0 atom stereocenters. The third-order valence-corrected chi connectivity index (χ3v) is 1.80. The summed E-state index contributed by atoms with van der Waals surface area (Å²) >= 11 is 11.4. The lowest BCUT2D eigenvalue weighted by atomic mass is 10.3. The van der Waals surface area contributed by atoms with E-state index in [9.17, 15) is 0 Å². The Bertz CT molecular complexity index is 250. The highest BCUT2D eigenvalue weighted by molar-refractivity contribution is 6.32. The van der Waals surface area contributed by atoms with Gasteiger partial charge in [0.1, 0.15) is 10.3 Å². The first-order chi connectivity index (χ1) is 5.24. The van der Waals surface area contributed by atoms with E-state index in [1.807, 2.05) is 13.1 Å². The van der Waals surface area contributed by atoms with Gasteiger partial charge in [-0.2, -0.15) is 0 Å². The van der Waals surface area contributed by atoms with E-state index < -0.39 is 0 Å². The van der Waals surface area contributed by atoms with E-state index in [4.69, 9.17) is 23.2 Å². The van der Waals surface area contributed by atoms with Gasteiger partial charge in [-0.25, -0.2) is 4.98 Å². The molecule has 0 amide bonds. The average Bonchev–Trinajstić information content (AvgIpc) is 1.95. The second-order valence-corrected chi connectivity index (χ2v) is 2.86. The van der Waals surface area contributed by atoms with Crippen LogP contribution in [-0.4, -0.2) is 12.0 Å². The summed E-state index contributed by atoms with van der Waals surface area (Å²) in [5.41, 5.74) is 0.957. The fourth-order valence-electron chi connectivity index (χ4n) is 0.763. The summed E-state index contributed by atoms with van der Waals surface area (Å²) in [5, 5.41) is 3.87. The Morgan fingerprint density at radius 2 is 2.18 bits per heavy atom. The van der Waals surface area contributed by atoms with Gasteiger partial charge in [0.05, 0.1) is 0 Å². The molecule has 0 bridgehead atoms. The quantitative estimate of drug-likeness (QED) is 0.724. The van der Waals surface area contributed by atoms with Crippen molar-refractivity contribution in [2.45, 2.75) is 6.54 Å². The molecule has 1 aromatic heterocycles. The SMILES string of the molecule is CNCc1ccc(Cl)nc1Cl. The van der Waals surface area contributed by atoms with Crippen LogP contribution >= 0.6 is 23.2 Å². The lowest BCUT2D eigenvalue weighted by molar-refractivity contribution is 0.813. The molecule has 0 aliphatic heterocycles. The predicted molar refractivity (Wildman–Crippen MR) is 47.0 cm³/mol. The maximum atomic E-state index is 5.77. The van der Waals surface area contributed by atoms with Gasteiger partial charge in [-0.15, -0.1) is 0 Å². The van der Waals surface area contributed by atoms with Gasteiger partial charge in [0, 0.05) is 12.1 Å².